The lowest BCUT2D eigenvalue weighted by Gasteiger charge is -1.99. The number of carbonyl (C=O) groups is 1. The molecular formula is C13H17NOS. The van der Waals surface area contributed by atoms with E-state index in [4.69, 9.17) is 0 Å². The summed E-state index contributed by atoms with van der Waals surface area (Å²) in [5, 5.41) is 3.07. The molecule has 0 atom stereocenters. The molecule has 0 saturated heterocycles. The lowest BCUT2D eigenvalue weighted by Crippen LogP contribution is -2.24. The molecule has 0 radical (unpaired) electrons. The minimum Gasteiger partial charge on any atom is -0.349 e. The molecule has 0 unspecified atom stereocenters. The maximum absolute atomic E-state index is 11.9. The van der Waals surface area contributed by atoms with E-state index in [2.05, 4.69) is 11.4 Å². The van der Waals surface area contributed by atoms with Crippen LogP contribution in [0.4, 0.5) is 0 Å². The van der Waals surface area contributed by atoms with Crippen molar-refractivity contribution in [3.8, 4) is 0 Å². The Morgan fingerprint density at radius 3 is 2.88 bits per heavy atom. The molecule has 16 heavy (non-hydrogen) atoms. The molecule has 1 N–H and O–H groups in total. The van der Waals surface area contributed by atoms with Crippen LogP contribution in [0.3, 0.4) is 0 Å². The van der Waals surface area contributed by atoms with Crippen LogP contribution in [0.2, 0.25) is 0 Å². The molecule has 2 aliphatic rings. The van der Waals surface area contributed by atoms with E-state index >= 15 is 0 Å². The molecular weight excluding hydrogens is 218 g/mol. The van der Waals surface area contributed by atoms with E-state index in [0.717, 1.165) is 17.7 Å². The van der Waals surface area contributed by atoms with Gasteiger partial charge in [-0.2, -0.15) is 0 Å². The Balaban J connectivity index is 1.77. The first-order valence-electron chi connectivity index (χ1n) is 6.25. The Morgan fingerprint density at radius 1 is 1.25 bits per heavy atom. The van der Waals surface area contributed by atoms with Crippen LogP contribution in [0.15, 0.2) is 6.07 Å². The summed E-state index contributed by atoms with van der Waals surface area (Å²) in [6.45, 7) is 0. The molecule has 3 heteroatoms. The third kappa shape index (κ3) is 2.14. The van der Waals surface area contributed by atoms with Gasteiger partial charge in [0.1, 0.15) is 0 Å². The first-order valence-corrected chi connectivity index (χ1v) is 7.07. The van der Waals surface area contributed by atoms with Gasteiger partial charge in [-0.05, 0) is 50.2 Å². The molecule has 86 valence electrons. The highest BCUT2D eigenvalue weighted by Crippen LogP contribution is 2.29. The van der Waals surface area contributed by atoms with Gasteiger partial charge >= 0.3 is 0 Å². The Bertz CT molecular complexity index is 383. The molecule has 1 saturated carbocycles. The highest BCUT2D eigenvalue weighted by molar-refractivity contribution is 7.14. The quantitative estimate of drug-likeness (QED) is 0.785. The number of aryl methyl sites for hydroxylation is 2. The Kier molecular flexibility index (Phi) is 2.72. The van der Waals surface area contributed by atoms with Crippen molar-refractivity contribution in [1.82, 2.24) is 5.32 Å². The van der Waals surface area contributed by atoms with E-state index in [0.29, 0.717) is 6.04 Å². The van der Waals surface area contributed by atoms with Gasteiger partial charge in [0, 0.05) is 10.9 Å². The molecule has 1 fully saturated rings. The predicted molar refractivity (Wildman–Crippen MR) is 66.1 cm³/mol. The van der Waals surface area contributed by atoms with Crippen molar-refractivity contribution >= 4 is 17.2 Å². The summed E-state index contributed by atoms with van der Waals surface area (Å²) in [5.41, 5.74) is 1.43. The van der Waals surface area contributed by atoms with Crippen molar-refractivity contribution < 1.29 is 4.79 Å². The van der Waals surface area contributed by atoms with Crippen LogP contribution >= 0.6 is 11.3 Å². The summed E-state index contributed by atoms with van der Waals surface area (Å²) in [4.78, 5) is 14.3. The topological polar surface area (TPSA) is 29.1 Å². The molecule has 1 aromatic heterocycles. The maximum atomic E-state index is 11.9. The average molecular weight is 235 g/mol. The summed E-state index contributed by atoms with van der Waals surface area (Å²) < 4.78 is 0. The Labute approximate surface area is 100 Å². The zero-order valence-electron chi connectivity index (χ0n) is 9.42. The molecule has 3 rings (SSSR count). The number of thiophene rings is 1. The van der Waals surface area contributed by atoms with Crippen LogP contribution < -0.4 is 5.32 Å². The van der Waals surface area contributed by atoms with Gasteiger partial charge in [-0.1, -0.05) is 6.42 Å². The molecule has 0 bridgehead atoms. The van der Waals surface area contributed by atoms with Gasteiger partial charge in [0.15, 0.2) is 0 Å². The highest BCUT2D eigenvalue weighted by Gasteiger charge is 2.25. The molecule has 0 aromatic carbocycles. The molecule has 2 nitrogen and oxygen atoms in total. The Morgan fingerprint density at radius 2 is 2.06 bits per heavy atom. The van der Waals surface area contributed by atoms with E-state index in [1.54, 1.807) is 11.3 Å². The van der Waals surface area contributed by atoms with E-state index < -0.39 is 0 Å². The third-order valence-corrected chi connectivity index (χ3v) is 4.62. The van der Waals surface area contributed by atoms with Gasteiger partial charge < -0.3 is 5.32 Å². The maximum Gasteiger partial charge on any atom is 0.261 e. The van der Waals surface area contributed by atoms with Gasteiger partial charge in [0.2, 0.25) is 0 Å². The monoisotopic (exact) mass is 235 g/mol. The van der Waals surface area contributed by atoms with Crippen LogP contribution in [-0.4, -0.2) is 11.9 Å². The van der Waals surface area contributed by atoms with Crippen molar-refractivity contribution in [2.75, 3.05) is 0 Å². The summed E-state index contributed by atoms with van der Waals surface area (Å²) in [7, 11) is 0. The molecule has 1 amide bonds. The first-order chi connectivity index (χ1) is 7.83. The fourth-order valence-electron chi connectivity index (χ4n) is 2.26. The summed E-state index contributed by atoms with van der Waals surface area (Å²) in [6, 6.07) is 2.60. The van der Waals surface area contributed by atoms with Gasteiger partial charge in [0.25, 0.3) is 5.91 Å². The van der Waals surface area contributed by atoms with E-state index in [1.807, 2.05) is 0 Å². The average Bonchev–Trinajstić information content (AvgIpc) is 3.03. The smallest absolute Gasteiger partial charge is 0.261 e. The molecule has 1 aromatic rings. The normalized spacial score (nSPS) is 20.0. The van der Waals surface area contributed by atoms with Crippen LogP contribution in [0.25, 0.3) is 0 Å². The largest absolute Gasteiger partial charge is 0.349 e. The van der Waals surface area contributed by atoms with E-state index in [-0.39, 0.29) is 5.91 Å². The van der Waals surface area contributed by atoms with Crippen LogP contribution in [0.1, 0.15) is 52.2 Å². The number of fused-ring (bicyclic) bond motifs is 1. The van der Waals surface area contributed by atoms with Crippen LogP contribution in [0.5, 0.6) is 0 Å². The SMILES string of the molecule is O=C(NC1CC1)c1cc2c(s1)CCCCC2. The summed E-state index contributed by atoms with van der Waals surface area (Å²) in [6.07, 6.45) is 8.59. The number of carbonyl (C=O) groups excluding carboxylic acids is 1. The van der Waals surface area contributed by atoms with Crippen molar-refractivity contribution in [2.45, 2.75) is 51.0 Å². The molecule has 0 aliphatic heterocycles. The molecule has 0 spiro atoms. The number of hydrogen-bond donors (Lipinski definition) is 1. The van der Waals surface area contributed by atoms with E-state index in [9.17, 15) is 4.79 Å². The molecule has 1 heterocycles. The van der Waals surface area contributed by atoms with Crippen LogP contribution in [-0.2, 0) is 12.8 Å². The number of rotatable bonds is 2. The van der Waals surface area contributed by atoms with Crippen LogP contribution in [0, 0.1) is 0 Å². The third-order valence-electron chi connectivity index (χ3n) is 3.38. The number of nitrogens with one attached hydrogen (secondary N) is 1. The Hall–Kier alpha value is -0.830. The van der Waals surface area contributed by atoms with Gasteiger partial charge in [-0.15, -0.1) is 11.3 Å². The minimum atomic E-state index is 0.153. The fraction of sp³-hybridized carbons (Fsp3) is 0.615. The second-order valence-electron chi connectivity index (χ2n) is 4.87. The molecule has 2 aliphatic carbocycles. The summed E-state index contributed by atoms with van der Waals surface area (Å²) in [5.74, 6) is 0.153. The van der Waals surface area contributed by atoms with Crippen molar-refractivity contribution in [3.05, 3.63) is 21.4 Å². The highest BCUT2D eigenvalue weighted by atomic mass is 32.1. The van der Waals surface area contributed by atoms with Gasteiger partial charge in [0.05, 0.1) is 4.88 Å². The van der Waals surface area contributed by atoms with Crippen molar-refractivity contribution in [3.63, 3.8) is 0 Å². The van der Waals surface area contributed by atoms with Crippen molar-refractivity contribution in [1.29, 1.82) is 0 Å². The second kappa shape index (κ2) is 4.21. The standard InChI is InChI=1S/C13H17NOS/c15-13(14-10-6-7-10)12-8-9-4-2-1-3-5-11(9)16-12/h8,10H,1-7H2,(H,14,15). The lowest BCUT2D eigenvalue weighted by atomic mass is 10.1. The number of hydrogen-bond acceptors (Lipinski definition) is 2. The zero-order valence-corrected chi connectivity index (χ0v) is 10.2. The second-order valence-corrected chi connectivity index (χ2v) is 6.00. The minimum absolute atomic E-state index is 0.153. The van der Waals surface area contributed by atoms with Crippen molar-refractivity contribution in [2.24, 2.45) is 0 Å². The fourth-order valence-corrected chi connectivity index (χ4v) is 3.42. The summed E-state index contributed by atoms with van der Waals surface area (Å²) >= 11 is 1.71. The first kappa shape index (κ1) is 10.3. The van der Waals surface area contributed by atoms with E-state index in [1.165, 1.54) is 42.5 Å². The van der Waals surface area contributed by atoms with Gasteiger partial charge in [-0.25, -0.2) is 0 Å². The lowest BCUT2D eigenvalue weighted by molar-refractivity contribution is 0.0955. The predicted octanol–water partition coefficient (Wildman–Crippen LogP) is 2.91. The van der Waals surface area contributed by atoms with Gasteiger partial charge in [-0.3, -0.25) is 4.79 Å². The number of amides is 1. The zero-order chi connectivity index (χ0) is 11.0.